The van der Waals surface area contributed by atoms with Gasteiger partial charge in [0.15, 0.2) is 5.13 Å². The van der Waals surface area contributed by atoms with Crippen LogP contribution in [0.15, 0.2) is 53.9 Å². The highest BCUT2D eigenvalue weighted by Gasteiger charge is 2.23. The summed E-state index contributed by atoms with van der Waals surface area (Å²) in [6.07, 6.45) is 0.162. The van der Waals surface area contributed by atoms with Crippen LogP contribution in [0.2, 0.25) is 5.02 Å². The quantitative estimate of drug-likeness (QED) is 0.400. The molecular formula is C28H32ClN5O4S. The summed E-state index contributed by atoms with van der Waals surface area (Å²) in [6.45, 7) is 5.08. The predicted octanol–water partition coefficient (Wildman–Crippen LogP) is 3.72. The number of anilines is 2. The van der Waals surface area contributed by atoms with Gasteiger partial charge in [-0.1, -0.05) is 35.4 Å². The number of halogens is 1. The molecule has 1 N–H and O–H groups in total. The van der Waals surface area contributed by atoms with Gasteiger partial charge in [-0.2, -0.15) is 0 Å². The molecule has 1 aliphatic rings. The molecule has 11 heteroatoms. The molecule has 1 fully saturated rings. The van der Waals surface area contributed by atoms with Crippen LogP contribution in [0.1, 0.15) is 21.6 Å². The summed E-state index contributed by atoms with van der Waals surface area (Å²) in [5, 5.41) is 5.62. The van der Waals surface area contributed by atoms with E-state index in [-0.39, 0.29) is 37.2 Å². The van der Waals surface area contributed by atoms with E-state index in [4.69, 9.17) is 16.3 Å². The topological polar surface area (TPSA) is 95.1 Å². The SMILES string of the molecule is COCCN(CC(=O)Nc1nc(CC(=O)N2CCN(c3cccc(Cl)c3)CC2)cs1)C(=O)c1ccc(C)cc1. The van der Waals surface area contributed by atoms with Crippen molar-refractivity contribution >= 4 is 51.5 Å². The average molecular weight is 570 g/mol. The third kappa shape index (κ3) is 8.01. The molecule has 2 heterocycles. The first kappa shape index (κ1) is 28.5. The second-order valence-electron chi connectivity index (χ2n) is 9.30. The lowest BCUT2D eigenvalue weighted by molar-refractivity contribution is -0.130. The summed E-state index contributed by atoms with van der Waals surface area (Å²) in [4.78, 5) is 48.5. The van der Waals surface area contributed by atoms with E-state index in [9.17, 15) is 14.4 Å². The monoisotopic (exact) mass is 569 g/mol. The van der Waals surface area contributed by atoms with E-state index in [1.165, 1.54) is 16.2 Å². The number of piperazine rings is 1. The third-order valence-corrected chi connectivity index (χ3v) is 7.46. The summed E-state index contributed by atoms with van der Waals surface area (Å²) in [5.41, 5.74) is 3.21. The highest BCUT2D eigenvalue weighted by atomic mass is 35.5. The number of aromatic nitrogens is 1. The molecule has 0 spiro atoms. The molecule has 1 aliphatic heterocycles. The van der Waals surface area contributed by atoms with Gasteiger partial charge in [-0.15, -0.1) is 11.3 Å². The Morgan fingerprint density at radius 2 is 1.85 bits per heavy atom. The molecule has 3 aromatic rings. The lowest BCUT2D eigenvalue weighted by Gasteiger charge is -2.36. The van der Waals surface area contributed by atoms with Gasteiger partial charge in [0.25, 0.3) is 5.91 Å². The molecule has 1 aromatic heterocycles. The number of carbonyl (C=O) groups excluding carboxylic acids is 3. The van der Waals surface area contributed by atoms with Crippen molar-refractivity contribution < 1.29 is 19.1 Å². The van der Waals surface area contributed by atoms with Crippen LogP contribution < -0.4 is 10.2 Å². The zero-order valence-corrected chi connectivity index (χ0v) is 23.6. The van der Waals surface area contributed by atoms with Crippen LogP contribution in [0, 0.1) is 6.92 Å². The van der Waals surface area contributed by atoms with Crippen LogP contribution in [0.5, 0.6) is 0 Å². The number of nitrogens with zero attached hydrogens (tertiary/aromatic N) is 4. The standard InChI is InChI=1S/C28H32ClN5O4S/c1-20-6-8-21(9-7-20)27(37)34(14-15-38-2)18-25(35)31-28-30-23(19-39-28)17-26(36)33-12-10-32(11-13-33)24-5-3-4-22(29)16-24/h3-9,16,19H,10-15,17-18H2,1-2H3,(H,30,31,35). The van der Waals surface area contributed by atoms with Crippen molar-refractivity contribution in [2.75, 3.05) is 63.2 Å². The van der Waals surface area contributed by atoms with Crippen LogP contribution in [0.3, 0.4) is 0 Å². The van der Waals surface area contributed by atoms with Gasteiger partial charge in [0, 0.05) is 61.5 Å². The van der Waals surface area contributed by atoms with Gasteiger partial charge in [-0.25, -0.2) is 4.98 Å². The van der Waals surface area contributed by atoms with E-state index in [1.54, 1.807) is 24.6 Å². The van der Waals surface area contributed by atoms with Crippen LogP contribution >= 0.6 is 22.9 Å². The fourth-order valence-corrected chi connectivity index (χ4v) is 5.17. The Labute approximate surface area is 237 Å². The zero-order chi connectivity index (χ0) is 27.8. The number of amides is 3. The summed E-state index contributed by atoms with van der Waals surface area (Å²) in [6, 6.07) is 14.9. The Hall–Kier alpha value is -3.47. The first-order valence-corrected chi connectivity index (χ1v) is 14.0. The lowest BCUT2D eigenvalue weighted by atomic mass is 10.1. The number of thiazole rings is 1. The van der Waals surface area contributed by atoms with Crippen molar-refractivity contribution in [1.29, 1.82) is 0 Å². The van der Waals surface area contributed by atoms with Gasteiger partial charge in [-0.3, -0.25) is 14.4 Å². The molecule has 4 rings (SSSR count). The Morgan fingerprint density at radius 1 is 1.10 bits per heavy atom. The fraction of sp³-hybridized carbons (Fsp3) is 0.357. The minimum Gasteiger partial charge on any atom is -0.383 e. The largest absolute Gasteiger partial charge is 0.383 e. The molecule has 0 aliphatic carbocycles. The number of methoxy groups -OCH3 is 1. The highest BCUT2D eigenvalue weighted by molar-refractivity contribution is 7.13. The normalized spacial score (nSPS) is 13.3. The highest BCUT2D eigenvalue weighted by Crippen LogP contribution is 2.22. The van der Waals surface area contributed by atoms with Crippen LogP contribution in [-0.4, -0.2) is 85.5 Å². The smallest absolute Gasteiger partial charge is 0.254 e. The van der Waals surface area contributed by atoms with E-state index in [1.807, 2.05) is 48.2 Å². The molecule has 0 atom stereocenters. The summed E-state index contributed by atoms with van der Waals surface area (Å²) in [5.74, 6) is -0.614. The van der Waals surface area contributed by atoms with E-state index in [0.29, 0.717) is 41.1 Å². The van der Waals surface area contributed by atoms with Crippen molar-refractivity contribution in [3.8, 4) is 0 Å². The predicted molar refractivity (Wildman–Crippen MR) is 154 cm³/mol. The van der Waals surface area contributed by atoms with Crippen LogP contribution in [0.25, 0.3) is 0 Å². The second kappa shape index (κ2) is 13.5. The molecule has 0 radical (unpaired) electrons. The molecule has 1 saturated heterocycles. The molecule has 0 saturated carbocycles. The van der Waals surface area contributed by atoms with Gasteiger partial charge >= 0.3 is 0 Å². The third-order valence-electron chi connectivity index (χ3n) is 6.42. The summed E-state index contributed by atoms with van der Waals surface area (Å²) >= 11 is 7.36. The number of hydrogen-bond acceptors (Lipinski definition) is 7. The van der Waals surface area contributed by atoms with Gasteiger partial charge < -0.3 is 24.8 Å². The van der Waals surface area contributed by atoms with E-state index in [2.05, 4.69) is 15.2 Å². The van der Waals surface area contributed by atoms with Gasteiger partial charge in [0.2, 0.25) is 11.8 Å². The lowest BCUT2D eigenvalue weighted by Crippen LogP contribution is -2.49. The molecule has 3 amide bonds. The Kier molecular flexibility index (Phi) is 9.91. The molecule has 2 aromatic carbocycles. The number of carbonyl (C=O) groups is 3. The van der Waals surface area contributed by atoms with Crippen molar-refractivity contribution in [1.82, 2.24) is 14.8 Å². The van der Waals surface area contributed by atoms with Crippen LogP contribution in [0.4, 0.5) is 10.8 Å². The van der Waals surface area contributed by atoms with Crippen molar-refractivity contribution in [2.45, 2.75) is 13.3 Å². The number of nitrogens with one attached hydrogen (secondary N) is 1. The van der Waals surface area contributed by atoms with Crippen molar-refractivity contribution in [3.63, 3.8) is 0 Å². The maximum absolute atomic E-state index is 13.0. The second-order valence-corrected chi connectivity index (χ2v) is 10.6. The molecule has 0 bridgehead atoms. The summed E-state index contributed by atoms with van der Waals surface area (Å²) in [7, 11) is 1.55. The maximum atomic E-state index is 13.0. The molecule has 39 heavy (non-hydrogen) atoms. The number of aryl methyl sites for hydroxylation is 1. The van der Waals surface area contributed by atoms with Crippen molar-refractivity contribution in [2.24, 2.45) is 0 Å². The number of rotatable bonds is 10. The van der Waals surface area contributed by atoms with E-state index < -0.39 is 0 Å². The molecule has 9 nitrogen and oxygen atoms in total. The molecular weight excluding hydrogens is 538 g/mol. The fourth-order valence-electron chi connectivity index (χ4n) is 4.26. The average Bonchev–Trinajstić information content (AvgIpc) is 3.37. The zero-order valence-electron chi connectivity index (χ0n) is 22.1. The van der Waals surface area contributed by atoms with Crippen LogP contribution in [-0.2, 0) is 20.7 Å². The Balaban J connectivity index is 1.28. The van der Waals surface area contributed by atoms with Gasteiger partial charge in [0.05, 0.1) is 18.7 Å². The summed E-state index contributed by atoms with van der Waals surface area (Å²) < 4.78 is 5.12. The number of hydrogen-bond donors (Lipinski definition) is 1. The minimum atomic E-state index is -0.365. The minimum absolute atomic E-state index is 0.00152. The van der Waals surface area contributed by atoms with E-state index in [0.717, 1.165) is 24.3 Å². The number of ether oxygens (including phenoxy) is 1. The Bertz CT molecular complexity index is 1290. The Morgan fingerprint density at radius 3 is 2.54 bits per heavy atom. The number of benzene rings is 2. The molecule has 206 valence electrons. The van der Waals surface area contributed by atoms with E-state index >= 15 is 0 Å². The van der Waals surface area contributed by atoms with Gasteiger partial charge in [-0.05, 0) is 37.3 Å². The molecule has 0 unspecified atom stereocenters. The van der Waals surface area contributed by atoms with Gasteiger partial charge in [0.1, 0.15) is 6.54 Å². The maximum Gasteiger partial charge on any atom is 0.254 e. The first-order chi connectivity index (χ1) is 18.8. The first-order valence-electron chi connectivity index (χ1n) is 12.7. The van der Waals surface area contributed by atoms with Crippen molar-refractivity contribution in [3.05, 3.63) is 75.8 Å².